The van der Waals surface area contributed by atoms with Crippen LogP contribution in [0.2, 0.25) is 0 Å². The molecule has 3 aromatic rings. The van der Waals surface area contributed by atoms with E-state index in [2.05, 4.69) is 10.3 Å². The van der Waals surface area contributed by atoms with Crippen molar-refractivity contribution in [3.05, 3.63) is 72.3 Å². The summed E-state index contributed by atoms with van der Waals surface area (Å²) in [6.45, 7) is 0. The molecule has 23 heavy (non-hydrogen) atoms. The molecule has 2 aromatic heterocycles. The lowest BCUT2D eigenvalue weighted by Gasteiger charge is -2.06. The van der Waals surface area contributed by atoms with Crippen LogP contribution in [-0.4, -0.2) is 10.9 Å². The van der Waals surface area contributed by atoms with Crippen molar-refractivity contribution in [3.63, 3.8) is 0 Å². The lowest BCUT2D eigenvalue weighted by molar-refractivity contribution is 0.0996. The van der Waals surface area contributed by atoms with Gasteiger partial charge < -0.3 is 14.5 Å². The first-order valence-electron chi connectivity index (χ1n) is 6.73. The number of carbonyl (C=O) groups excluding carboxylic acids is 1. The van der Waals surface area contributed by atoms with Crippen LogP contribution in [0.25, 0.3) is 0 Å². The molecule has 0 saturated heterocycles. The molecule has 1 amide bonds. The topological polar surface area (TPSA) is 88.1 Å². The average Bonchev–Trinajstić information content (AvgIpc) is 3.12. The smallest absolute Gasteiger partial charge is 0.291 e. The minimum atomic E-state index is -0.322. The molecule has 0 bridgehead atoms. The number of hydrogen-bond donors (Lipinski definition) is 1. The SMILES string of the molecule is N#Cc1ccc(Oc2ccc(NC(=O)c3ccco3)cc2)nc1. The summed E-state index contributed by atoms with van der Waals surface area (Å²) >= 11 is 0. The van der Waals surface area contributed by atoms with Gasteiger partial charge in [-0.05, 0) is 42.5 Å². The fourth-order valence-corrected chi connectivity index (χ4v) is 1.83. The Bertz CT molecular complexity index is 832. The summed E-state index contributed by atoms with van der Waals surface area (Å²) in [5, 5.41) is 11.4. The van der Waals surface area contributed by atoms with E-state index in [9.17, 15) is 4.79 Å². The molecule has 6 nitrogen and oxygen atoms in total. The van der Waals surface area contributed by atoms with Gasteiger partial charge in [0.2, 0.25) is 5.88 Å². The molecular weight excluding hydrogens is 294 g/mol. The van der Waals surface area contributed by atoms with Gasteiger partial charge in [-0.15, -0.1) is 0 Å². The van der Waals surface area contributed by atoms with E-state index in [4.69, 9.17) is 14.4 Å². The number of nitrogens with zero attached hydrogens (tertiary/aromatic N) is 2. The van der Waals surface area contributed by atoms with Gasteiger partial charge in [0.1, 0.15) is 11.8 Å². The number of furan rings is 1. The van der Waals surface area contributed by atoms with E-state index in [-0.39, 0.29) is 11.7 Å². The highest BCUT2D eigenvalue weighted by Crippen LogP contribution is 2.21. The second-order valence-electron chi connectivity index (χ2n) is 4.55. The lowest BCUT2D eigenvalue weighted by atomic mass is 10.3. The predicted octanol–water partition coefficient (Wildman–Crippen LogP) is 3.59. The molecule has 112 valence electrons. The Labute approximate surface area is 132 Å². The molecule has 3 rings (SSSR count). The number of aromatic nitrogens is 1. The Balaban J connectivity index is 1.64. The molecule has 0 aliphatic rings. The molecule has 0 unspecified atom stereocenters. The summed E-state index contributed by atoms with van der Waals surface area (Å²) in [5.41, 5.74) is 1.08. The first-order chi connectivity index (χ1) is 11.2. The van der Waals surface area contributed by atoms with Crippen molar-refractivity contribution in [2.24, 2.45) is 0 Å². The normalized spacial score (nSPS) is 9.87. The molecule has 2 heterocycles. The van der Waals surface area contributed by atoms with Crippen molar-refractivity contribution in [1.29, 1.82) is 5.26 Å². The maximum Gasteiger partial charge on any atom is 0.291 e. The van der Waals surface area contributed by atoms with Crippen molar-refractivity contribution in [2.75, 3.05) is 5.32 Å². The van der Waals surface area contributed by atoms with Gasteiger partial charge >= 0.3 is 0 Å². The molecule has 0 spiro atoms. The molecule has 0 fully saturated rings. The number of ether oxygens (including phenoxy) is 1. The van der Waals surface area contributed by atoms with Crippen LogP contribution in [0, 0.1) is 11.3 Å². The van der Waals surface area contributed by atoms with E-state index in [1.54, 1.807) is 48.5 Å². The standard InChI is InChI=1S/C17H11N3O3/c18-10-12-3-8-16(19-11-12)23-14-6-4-13(5-7-14)20-17(21)15-2-1-9-22-15/h1-9,11H,(H,20,21). The Morgan fingerprint density at radius 3 is 2.61 bits per heavy atom. The predicted molar refractivity (Wildman–Crippen MR) is 82.1 cm³/mol. The van der Waals surface area contributed by atoms with Gasteiger partial charge in [-0.25, -0.2) is 4.98 Å². The molecule has 0 aliphatic heterocycles. The molecule has 0 aliphatic carbocycles. The summed E-state index contributed by atoms with van der Waals surface area (Å²) in [6, 6.07) is 15.3. The summed E-state index contributed by atoms with van der Waals surface area (Å²) in [4.78, 5) is 15.9. The van der Waals surface area contributed by atoms with E-state index in [1.807, 2.05) is 6.07 Å². The lowest BCUT2D eigenvalue weighted by Crippen LogP contribution is -2.10. The number of hydrogen-bond acceptors (Lipinski definition) is 5. The highest BCUT2D eigenvalue weighted by molar-refractivity contribution is 6.02. The van der Waals surface area contributed by atoms with Crippen molar-refractivity contribution < 1.29 is 13.9 Å². The van der Waals surface area contributed by atoms with E-state index >= 15 is 0 Å². The van der Waals surface area contributed by atoms with Crippen LogP contribution in [0.5, 0.6) is 11.6 Å². The van der Waals surface area contributed by atoms with Gasteiger partial charge in [0.05, 0.1) is 11.8 Å². The zero-order valence-corrected chi connectivity index (χ0v) is 11.9. The van der Waals surface area contributed by atoms with Gasteiger partial charge in [-0.1, -0.05) is 0 Å². The number of anilines is 1. The maximum atomic E-state index is 11.8. The highest BCUT2D eigenvalue weighted by atomic mass is 16.5. The number of nitrogens with one attached hydrogen (secondary N) is 1. The van der Waals surface area contributed by atoms with Crippen molar-refractivity contribution in [3.8, 4) is 17.7 Å². The Morgan fingerprint density at radius 1 is 1.17 bits per heavy atom. The number of carbonyl (C=O) groups is 1. The van der Waals surface area contributed by atoms with Crippen LogP contribution in [0.4, 0.5) is 5.69 Å². The van der Waals surface area contributed by atoms with Gasteiger partial charge in [-0.2, -0.15) is 5.26 Å². The van der Waals surface area contributed by atoms with Crippen molar-refractivity contribution in [2.45, 2.75) is 0 Å². The third kappa shape index (κ3) is 3.54. The second-order valence-corrected chi connectivity index (χ2v) is 4.55. The summed E-state index contributed by atoms with van der Waals surface area (Å²) in [5.74, 6) is 0.874. The molecular formula is C17H11N3O3. The van der Waals surface area contributed by atoms with E-state index < -0.39 is 0 Å². The van der Waals surface area contributed by atoms with E-state index in [0.717, 1.165) is 0 Å². The first kappa shape index (κ1) is 14.4. The number of rotatable bonds is 4. The number of benzene rings is 1. The Kier molecular flexibility index (Phi) is 4.03. The van der Waals surface area contributed by atoms with Gasteiger partial charge in [-0.3, -0.25) is 4.79 Å². The zero-order chi connectivity index (χ0) is 16.1. The van der Waals surface area contributed by atoms with Crippen LogP contribution < -0.4 is 10.1 Å². The maximum absolute atomic E-state index is 11.8. The molecule has 1 N–H and O–H groups in total. The number of nitriles is 1. The van der Waals surface area contributed by atoms with E-state index in [1.165, 1.54) is 12.5 Å². The van der Waals surface area contributed by atoms with Crippen LogP contribution in [0.3, 0.4) is 0 Å². The number of pyridine rings is 1. The molecule has 0 radical (unpaired) electrons. The third-order valence-corrected chi connectivity index (χ3v) is 2.95. The summed E-state index contributed by atoms with van der Waals surface area (Å²) < 4.78 is 10.6. The number of amides is 1. The molecule has 0 atom stereocenters. The van der Waals surface area contributed by atoms with Crippen LogP contribution in [0.15, 0.2) is 65.4 Å². The quantitative estimate of drug-likeness (QED) is 0.795. The highest BCUT2D eigenvalue weighted by Gasteiger charge is 2.08. The van der Waals surface area contributed by atoms with Gasteiger partial charge in [0.15, 0.2) is 5.76 Å². The molecule has 1 aromatic carbocycles. The van der Waals surface area contributed by atoms with Crippen molar-refractivity contribution >= 4 is 11.6 Å². The Morgan fingerprint density at radius 2 is 2.00 bits per heavy atom. The summed E-state index contributed by atoms with van der Waals surface area (Å²) in [6.07, 6.45) is 2.88. The Hall–Kier alpha value is -3.59. The van der Waals surface area contributed by atoms with Gasteiger partial charge in [0, 0.05) is 18.0 Å². The fourth-order valence-electron chi connectivity index (χ4n) is 1.83. The van der Waals surface area contributed by atoms with Crippen LogP contribution in [-0.2, 0) is 0 Å². The molecule has 6 heteroatoms. The largest absolute Gasteiger partial charge is 0.459 e. The van der Waals surface area contributed by atoms with Crippen LogP contribution >= 0.6 is 0 Å². The van der Waals surface area contributed by atoms with Crippen LogP contribution in [0.1, 0.15) is 16.1 Å². The minimum Gasteiger partial charge on any atom is -0.459 e. The fraction of sp³-hybridized carbons (Fsp3) is 0. The zero-order valence-electron chi connectivity index (χ0n) is 11.9. The third-order valence-electron chi connectivity index (χ3n) is 2.95. The first-order valence-corrected chi connectivity index (χ1v) is 6.73. The minimum absolute atomic E-state index is 0.243. The van der Waals surface area contributed by atoms with Gasteiger partial charge in [0.25, 0.3) is 5.91 Å². The van der Waals surface area contributed by atoms with Crippen molar-refractivity contribution in [1.82, 2.24) is 4.98 Å². The summed E-state index contributed by atoms with van der Waals surface area (Å²) in [7, 11) is 0. The second kappa shape index (κ2) is 6.45. The molecule has 0 saturated carbocycles. The average molecular weight is 305 g/mol. The van der Waals surface area contributed by atoms with E-state index in [0.29, 0.717) is 22.9 Å². The monoisotopic (exact) mass is 305 g/mol.